The molecule has 1 aliphatic heterocycles. The Kier molecular flexibility index (Phi) is 5.26. The van der Waals surface area contributed by atoms with Crippen LogP contribution in [0.1, 0.15) is 40.9 Å². The van der Waals surface area contributed by atoms with E-state index in [4.69, 9.17) is 4.98 Å². The average Bonchev–Trinajstić information content (AvgIpc) is 3.01. The second kappa shape index (κ2) is 7.81. The van der Waals surface area contributed by atoms with Crippen LogP contribution in [0, 0.1) is 12.8 Å². The van der Waals surface area contributed by atoms with E-state index in [0.717, 1.165) is 41.5 Å². The van der Waals surface area contributed by atoms with Gasteiger partial charge >= 0.3 is 0 Å². The first-order chi connectivity index (χ1) is 13.1. The third kappa shape index (κ3) is 4.06. The summed E-state index contributed by atoms with van der Waals surface area (Å²) in [6, 6.07) is 14.9. The minimum Gasteiger partial charge on any atom is -0.342 e. The summed E-state index contributed by atoms with van der Waals surface area (Å²) in [5.41, 5.74) is 2.30. The molecule has 0 radical (unpaired) electrons. The zero-order chi connectivity index (χ0) is 18.8. The zero-order valence-electron chi connectivity index (χ0n) is 16.1. The molecule has 0 bridgehead atoms. The number of likely N-dealkylation sites (tertiary alicyclic amines) is 1. The lowest BCUT2D eigenvalue weighted by atomic mass is 10.00. The Morgan fingerprint density at radius 3 is 2.89 bits per heavy atom. The molecule has 3 aromatic rings. The zero-order valence-corrected chi connectivity index (χ0v) is 16.9. The van der Waals surface area contributed by atoms with Gasteiger partial charge in [-0.1, -0.05) is 49.4 Å². The second-order valence-corrected chi connectivity index (χ2v) is 8.86. The molecule has 2 heterocycles. The number of aryl methyl sites for hydroxylation is 1. The highest BCUT2D eigenvalue weighted by molar-refractivity contribution is 7.11. The normalized spacial score (nSPS) is 17.4. The number of benzene rings is 2. The summed E-state index contributed by atoms with van der Waals surface area (Å²) < 4.78 is 0. The summed E-state index contributed by atoms with van der Waals surface area (Å²) in [5, 5.41) is 3.64. The number of thiazole rings is 1. The quantitative estimate of drug-likeness (QED) is 0.640. The molecule has 0 spiro atoms. The fourth-order valence-corrected chi connectivity index (χ4v) is 5.09. The number of nitrogens with zero attached hydrogens (tertiary/aromatic N) is 2. The van der Waals surface area contributed by atoms with Gasteiger partial charge in [0.2, 0.25) is 5.91 Å². The van der Waals surface area contributed by atoms with Crippen LogP contribution >= 0.6 is 11.3 Å². The Hall–Kier alpha value is -2.20. The highest BCUT2D eigenvalue weighted by atomic mass is 32.1. The Morgan fingerprint density at radius 1 is 1.22 bits per heavy atom. The van der Waals surface area contributed by atoms with Gasteiger partial charge in [-0.25, -0.2) is 4.98 Å². The fraction of sp³-hybridized carbons (Fsp3) is 0.391. The molecule has 2 aromatic carbocycles. The number of rotatable bonds is 4. The minimum atomic E-state index is 0.255. The van der Waals surface area contributed by atoms with Gasteiger partial charge in [-0.3, -0.25) is 4.79 Å². The van der Waals surface area contributed by atoms with Gasteiger partial charge in [-0.05, 0) is 42.0 Å². The number of carbonyl (C=O) groups excluding carboxylic acids is 1. The van der Waals surface area contributed by atoms with Gasteiger partial charge in [0.25, 0.3) is 0 Å². The molecular weight excluding hydrogens is 352 g/mol. The number of fused-ring (bicyclic) bond motifs is 1. The number of hydrogen-bond donors (Lipinski definition) is 0. The van der Waals surface area contributed by atoms with Gasteiger partial charge in [0.15, 0.2) is 0 Å². The summed E-state index contributed by atoms with van der Waals surface area (Å²) in [5.74, 6) is 0.872. The van der Waals surface area contributed by atoms with Crippen molar-refractivity contribution in [2.24, 2.45) is 5.92 Å². The maximum Gasteiger partial charge on any atom is 0.227 e. The monoisotopic (exact) mass is 378 g/mol. The van der Waals surface area contributed by atoms with E-state index in [9.17, 15) is 4.79 Å². The highest BCUT2D eigenvalue weighted by Crippen LogP contribution is 2.26. The Bertz CT molecular complexity index is 957. The van der Waals surface area contributed by atoms with E-state index < -0.39 is 0 Å². The first-order valence-electron chi connectivity index (χ1n) is 9.80. The van der Waals surface area contributed by atoms with Crippen molar-refractivity contribution in [3.8, 4) is 0 Å². The van der Waals surface area contributed by atoms with Gasteiger partial charge in [0, 0.05) is 24.4 Å². The van der Waals surface area contributed by atoms with Crippen LogP contribution < -0.4 is 0 Å². The van der Waals surface area contributed by atoms with E-state index in [1.54, 1.807) is 11.3 Å². The number of piperidine rings is 1. The standard InChI is InChI=1S/C23H26N2OS/c1-16-7-6-12-25(15-16)23(26)14-21-17(2)24-22(27-21)13-19-10-5-9-18-8-3-4-11-20(18)19/h3-5,8-11,16H,6-7,12-15H2,1-2H3. The smallest absolute Gasteiger partial charge is 0.227 e. The maximum absolute atomic E-state index is 12.7. The largest absolute Gasteiger partial charge is 0.342 e. The van der Waals surface area contributed by atoms with Crippen LogP contribution in [-0.4, -0.2) is 28.9 Å². The van der Waals surface area contributed by atoms with E-state index in [1.165, 1.54) is 22.8 Å². The molecule has 1 aromatic heterocycles. The van der Waals surface area contributed by atoms with Crippen molar-refractivity contribution < 1.29 is 4.79 Å². The maximum atomic E-state index is 12.7. The second-order valence-electron chi connectivity index (χ2n) is 7.70. The third-order valence-electron chi connectivity index (χ3n) is 5.48. The van der Waals surface area contributed by atoms with Crippen LogP contribution in [0.15, 0.2) is 42.5 Å². The van der Waals surface area contributed by atoms with Crippen LogP contribution in [-0.2, 0) is 17.6 Å². The molecule has 0 aliphatic carbocycles. The van der Waals surface area contributed by atoms with Gasteiger partial charge in [0.1, 0.15) is 0 Å². The molecule has 4 rings (SSSR count). The van der Waals surface area contributed by atoms with Crippen LogP contribution in [0.4, 0.5) is 0 Å². The van der Waals surface area contributed by atoms with Crippen LogP contribution in [0.5, 0.6) is 0 Å². The fourth-order valence-electron chi connectivity index (χ4n) is 4.00. The van der Waals surface area contributed by atoms with E-state index in [2.05, 4.69) is 49.4 Å². The van der Waals surface area contributed by atoms with Crippen molar-refractivity contribution in [2.75, 3.05) is 13.1 Å². The van der Waals surface area contributed by atoms with Crippen molar-refractivity contribution in [3.05, 3.63) is 63.6 Å². The summed E-state index contributed by atoms with van der Waals surface area (Å²) in [6.07, 6.45) is 3.67. The van der Waals surface area contributed by atoms with Gasteiger partial charge in [-0.15, -0.1) is 11.3 Å². The van der Waals surface area contributed by atoms with Crippen LogP contribution in [0.25, 0.3) is 10.8 Å². The van der Waals surface area contributed by atoms with Crippen molar-refractivity contribution in [2.45, 2.75) is 39.5 Å². The Morgan fingerprint density at radius 2 is 2.04 bits per heavy atom. The van der Waals surface area contributed by atoms with Crippen molar-refractivity contribution in [1.82, 2.24) is 9.88 Å². The van der Waals surface area contributed by atoms with E-state index in [0.29, 0.717) is 12.3 Å². The van der Waals surface area contributed by atoms with Crippen molar-refractivity contribution in [3.63, 3.8) is 0 Å². The number of hydrogen-bond acceptors (Lipinski definition) is 3. The lowest BCUT2D eigenvalue weighted by Gasteiger charge is -2.30. The predicted molar refractivity (Wildman–Crippen MR) is 112 cm³/mol. The molecule has 1 unspecified atom stereocenters. The lowest BCUT2D eigenvalue weighted by molar-refractivity contribution is -0.132. The van der Waals surface area contributed by atoms with Gasteiger partial charge < -0.3 is 4.90 Å². The van der Waals surface area contributed by atoms with Gasteiger partial charge in [-0.2, -0.15) is 0 Å². The topological polar surface area (TPSA) is 33.2 Å². The minimum absolute atomic E-state index is 0.255. The molecule has 4 heteroatoms. The lowest BCUT2D eigenvalue weighted by Crippen LogP contribution is -2.39. The molecule has 0 N–H and O–H groups in total. The van der Waals surface area contributed by atoms with Crippen LogP contribution in [0.3, 0.4) is 0 Å². The highest BCUT2D eigenvalue weighted by Gasteiger charge is 2.22. The average molecular weight is 379 g/mol. The molecule has 1 fully saturated rings. The first-order valence-corrected chi connectivity index (χ1v) is 10.6. The summed E-state index contributed by atoms with van der Waals surface area (Å²) >= 11 is 1.70. The summed E-state index contributed by atoms with van der Waals surface area (Å²) in [4.78, 5) is 20.6. The van der Waals surface area contributed by atoms with Crippen LogP contribution in [0.2, 0.25) is 0 Å². The number of carbonyl (C=O) groups is 1. The SMILES string of the molecule is Cc1nc(Cc2cccc3ccccc23)sc1CC(=O)N1CCCC(C)C1. The predicted octanol–water partition coefficient (Wildman–Crippen LogP) is 5.00. The Balaban J connectivity index is 1.50. The molecule has 140 valence electrons. The molecular formula is C23H26N2OS. The van der Waals surface area contributed by atoms with E-state index in [-0.39, 0.29) is 5.91 Å². The number of aromatic nitrogens is 1. The first kappa shape index (κ1) is 18.2. The third-order valence-corrected chi connectivity index (χ3v) is 6.64. The number of amides is 1. The molecule has 1 saturated heterocycles. The molecule has 1 amide bonds. The van der Waals surface area contributed by atoms with E-state index >= 15 is 0 Å². The molecule has 1 aliphatic rings. The van der Waals surface area contributed by atoms with E-state index in [1.807, 2.05) is 11.8 Å². The van der Waals surface area contributed by atoms with Crippen molar-refractivity contribution >= 4 is 28.0 Å². The summed E-state index contributed by atoms with van der Waals surface area (Å²) in [6.45, 7) is 6.08. The van der Waals surface area contributed by atoms with Crippen molar-refractivity contribution in [1.29, 1.82) is 0 Å². The Labute approximate surface area is 165 Å². The van der Waals surface area contributed by atoms with Gasteiger partial charge in [0.05, 0.1) is 17.1 Å². The molecule has 27 heavy (non-hydrogen) atoms. The molecule has 1 atom stereocenters. The molecule has 0 saturated carbocycles. The summed E-state index contributed by atoms with van der Waals surface area (Å²) in [7, 11) is 0. The molecule has 3 nitrogen and oxygen atoms in total.